The zero-order chi connectivity index (χ0) is 16.5. The Kier molecular flexibility index (Phi) is 6.29. The van der Waals surface area contributed by atoms with E-state index in [-0.39, 0.29) is 5.69 Å². The molecule has 0 amide bonds. The molecule has 23 heavy (non-hydrogen) atoms. The molecule has 120 valence electrons. The summed E-state index contributed by atoms with van der Waals surface area (Å²) in [5.41, 5.74) is 5.91. The Morgan fingerprint density at radius 2 is 1.78 bits per heavy atom. The van der Waals surface area contributed by atoms with Crippen molar-refractivity contribution in [2.45, 2.75) is 32.6 Å². The van der Waals surface area contributed by atoms with Crippen molar-refractivity contribution < 1.29 is 4.92 Å². The lowest BCUT2D eigenvalue weighted by Gasteiger charge is -2.08. The van der Waals surface area contributed by atoms with E-state index in [9.17, 15) is 10.1 Å². The Labute approximate surface area is 136 Å². The Balaban J connectivity index is 2.11. The second-order valence-electron chi connectivity index (χ2n) is 5.30. The van der Waals surface area contributed by atoms with Gasteiger partial charge in [0.15, 0.2) is 0 Å². The van der Waals surface area contributed by atoms with Crippen molar-refractivity contribution in [2.75, 3.05) is 5.43 Å². The summed E-state index contributed by atoms with van der Waals surface area (Å²) >= 11 is 0. The molecule has 0 radical (unpaired) electrons. The van der Waals surface area contributed by atoms with Gasteiger partial charge >= 0.3 is 0 Å². The average molecular weight is 311 g/mol. The van der Waals surface area contributed by atoms with Crippen LogP contribution in [-0.4, -0.2) is 10.6 Å². The highest BCUT2D eigenvalue weighted by Gasteiger charge is 2.05. The number of nitrogens with zero attached hydrogens (tertiary/aromatic N) is 2. The predicted octanol–water partition coefficient (Wildman–Crippen LogP) is 4.99. The van der Waals surface area contributed by atoms with Crippen molar-refractivity contribution in [1.82, 2.24) is 0 Å². The molecule has 5 nitrogen and oxygen atoms in total. The third kappa shape index (κ3) is 5.21. The van der Waals surface area contributed by atoms with Crippen LogP contribution in [0.1, 0.15) is 38.2 Å². The van der Waals surface area contributed by atoms with Gasteiger partial charge in [0, 0.05) is 12.1 Å². The second-order valence-corrected chi connectivity index (χ2v) is 5.30. The molecule has 0 aliphatic rings. The second kappa shape index (κ2) is 8.68. The fourth-order valence-corrected chi connectivity index (χ4v) is 2.23. The normalized spacial score (nSPS) is 11.3. The molecule has 0 saturated carbocycles. The number of non-ortho nitro benzene ring substituents is 1. The molecule has 0 aromatic heterocycles. The smallest absolute Gasteiger partial charge is 0.269 e. The molecule has 5 heteroatoms. The Morgan fingerprint density at radius 1 is 1.09 bits per heavy atom. The van der Waals surface area contributed by atoms with E-state index in [1.807, 2.05) is 30.3 Å². The van der Waals surface area contributed by atoms with Crippen LogP contribution in [0.4, 0.5) is 11.4 Å². The van der Waals surface area contributed by atoms with E-state index in [0.29, 0.717) is 0 Å². The van der Waals surface area contributed by atoms with Crippen molar-refractivity contribution in [3.8, 4) is 0 Å². The molecule has 0 aliphatic carbocycles. The van der Waals surface area contributed by atoms with E-state index in [2.05, 4.69) is 17.5 Å². The summed E-state index contributed by atoms with van der Waals surface area (Å²) in [7, 11) is 0. The fourth-order valence-electron chi connectivity index (χ4n) is 2.23. The maximum Gasteiger partial charge on any atom is 0.269 e. The quantitative estimate of drug-likeness (QED) is 0.323. The zero-order valence-corrected chi connectivity index (χ0v) is 13.2. The maximum atomic E-state index is 10.7. The Morgan fingerprint density at radius 3 is 2.39 bits per heavy atom. The summed E-state index contributed by atoms with van der Waals surface area (Å²) in [5, 5.41) is 15.2. The first-order valence-electron chi connectivity index (χ1n) is 7.83. The van der Waals surface area contributed by atoms with E-state index < -0.39 is 4.92 Å². The monoisotopic (exact) mass is 311 g/mol. The predicted molar refractivity (Wildman–Crippen MR) is 93.8 cm³/mol. The minimum Gasteiger partial charge on any atom is -0.278 e. The Bertz CT molecular complexity index is 652. The van der Waals surface area contributed by atoms with Crippen LogP contribution in [0.3, 0.4) is 0 Å². The number of hydrazone groups is 1. The van der Waals surface area contributed by atoms with Crippen LogP contribution in [0.15, 0.2) is 59.7 Å². The lowest BCUT2D eigenvalue weighted by atomic mass is 10.0. The largest absolute Gasteiger partial charge is 0.278 e. The first-order valence-corrected chi connectivity index (χ1v) is 7.83. The summed E-state index contributed by atoms with van der Waals surface area (Å²) < 4.78 is 0. The lowest BCUT2D eigenvalue weighted by Crippen LogP contribution is -2.04. The molecule has 2 aromatic carbocycles. The molecule has 0 spiro atoms. The molecule has 0 atom stereocenters. The van der Waals surface area contributed by atoms with Gasteiger partial charge in [-0.05, 0) is 30.5 Å². The molecular formula is C18H21N3O2. The molecule has 0 unspecified atom stereocenters. The minimum absolute atomic E-state index is 0.0748. The van der Waals surface area contributed by atoms with Crippen LogP contribution in [0.2, 0.25) is 0 Å². The molecule has 1 N–H and O–H groups in total. The SMILES string of the molecule is CCCCC/C(=N/Nc1ccc([N+](=O)[O-])cc1)c1ccccc1. The number of hydrogen-bond acceptors (Lipinski definition) is 4. The summed E-state index contributed by atoms with van der Waals surface area (Å²) in [6, 6.07) is 16.3. The van der Waals surface area contributed by atoms with Gasteiger partial charge in [-0.15, -0.1) is 0 Å². The van der Waals surface area contributed by atoms with Crippen LogP contribution < -0.4 is 5.43 Å². The standard InChI is InChI=1S/C18H21N3O2/c1-2-3-5-10-18(15-8-6-4-7-9-15)20-19-16-11-13-17(14-12-16)21(22)23/h4,6-9,11-14,19H,2-3,5,10H2,1H3/b20-18-. The van der Waals surface area contributed by atoms with Crippen LogP contribution in [0.25, 0.3) is 0 Å². The number of unbranched alkanes of at least 4 members (excludes halogenated alkanes) is 2. The molecule has 0 aliphatic heterocycles. The van der Waals surface area contributed by atoms with E-state index >= 15 is 0 Å². The first kappa shape index (κ1) is 16.7. The van der Waals surface area contributed by atoms with Crippen LogP contribution in [0.5, 0.6) is 0 Å². The van der Waals surface area contributed by atoms with E-state index in [1.165, 1.54) is 18.6 Å². The van der Waals surface area contributed by atoms with Gasteiger partial charge in [0.2, 0.25) is 0 Å². The van der Waals surface area contributed by atoms with Gasteiger partial charge in [0.1, 0.15) is 0 Å². The molecular weight excluding hydrogens is 290 g/mol. The van der Waals surface area contributed by atoms with Crippen LogP contribution >= 0.6 is 0 Å². The number of rotatable bonds is 8. The van der Waals surface area contributed by atoms with Crippen LogP contribution in [0, 0.1) is 10.1 Å². The van der Waals surface area contributed by atoms with Gasteiger partial charge in [-0.1, -0.05) is 50.1 Å². The van der Waals surface area contributed by atoms with Crippen LogP contribution in [-0.2, 0) is 0 Å². The highest BCUT2D eigenvalue weighted by Crippen LogP contribution is 2.16. The fraction of sp³-hybridized carbons (Fsp3) is 0.278. The summed E-state index contributed by atoms with van der Waals surface area (Å²) in [6.07, 6.45) is 4.32. The van der Waals surface area contributed by atoms with Gasteiger partial charge in [-0.3, -0.25) is 15.5 Å². The average Bonchev–Trinajstić information content (AvgIpc) is 2.59. The van der Waals surface area contributed by atoms with Crippen molar-refractivity contribution in [3.05, 3.63) is 70.3 Å². The van der Waals surface area contributed by atoms with E-state index in [1.54, 1.807) is 12.1 Å². The van der Waals surface area contributed by atoms with Crippen molar-refractivity contribution in [2.24, 2.45) is 5.10 Å². The zero-order valence-electron chi connectivity index (χ0n) is 13.2. The van der Waals surface area contributed by atoms with Gasteiger partial charge < -0.3 is 0 Å². The molecule has 0 heterocycles. The maximum absolute atomic E-state index is 10.7. The third-order valence-corrected chi connectivity index (χ3v) is 3.52. The van der Waals surface area contributed by atoms with E-state index in [0.717, 1.165) is 36.2 Å². The van der Waals surface area contributed by atoms with Gasteiger partial charge in [0.05, 0.1) is 16.3 Å². The molecule has 0 bridgehead atoms. The number of benzene rings is 2. The number of nitro benzene ring substituents is 1. The molecule has 0 fully saturated rings. The third-order valence-electron chi connectivity index (χ3n) is 3.52. The Hall–Kier alpha value is -2.69. The first-order chi connectivity index (χ1) is 11.2. The highest BCUT2D eigenvalue weighted by atomic mass is 16.6. The van der Waals surface area contributed by atoms with Crippen molar-refractivity contribution >= 4 is 17.1 Å². The molecule has 2 aromatic rings. The van der Waals surface area contributed by atoms with Gasteiger partial charge in [-0.25, -0.2) is 0 Å². The summed E-state index contributed by atoms with van der Waals surface area (Å²) in [6.45, 7) is 2.18. The van der Waals surface area contributed by atoms with Gasteiger partial charge in [0.25, 0.3) is 5.69 Å². The number of hydrogen-bond donors (Lipinski definition) is 1. The van der Waals surface area contributed by atoms with Crippen molar-refractivity contribution in [3.63, 3.8) is 0 Å². The van der Waals surface area contributed by atoms with Gasteiger partial charge in [-0.2, -0.15) is 5.10 Å². The topological polar surface area (TPSA) is 67.5 Å². The highest BCUT2D eigenvalue weighted by molar-refractivity contribution is 6.00. The minimum atomic E-state index is -0.410. The number of anilines is 1. The molecule has 2 rings (SSSR count). The number of nitro groups is 1. The van der Waals surface area contributed by atoms with E-state index in [4.69, 9.17) is 0 Å². The summed E-state index contributed by atoms with van der Waals surface area (Å²) in [4.78, 5) is 10.3. The summed E-state index contributed by atoms with van der Waals surface area (Å²) in [5.74, 6) is 0. The van der Waals surface area contributed by atoms with Crippen molar-refractivity contribution in [1.29, 1.82) is 0 Å². The number of nitrogens with one attached hydrogen (secondary N) is 1. The molecule has 0 saturated heterocycles. The lowest BCUT2D eigenvalue weighted by molar-refractivity contribution is -0.384.